The highest BCUT2D eigenvalue weighted by molar-refractivity contribution is 7.74. The van der Waals surface area contributed by atoms with Gasteiger partial charge in [0.25, 0.3) is 11.5 Å². The maximum absolute atomic E-state index is 12.9. The highest BCUT2D eigenvalue weighted by atomic mass is 32.1. The largest absolute Gasteiger partial charge is 0.508 e. The second-order valence-electron chi connectivity index (χ2n) is 6.05. The molecule has 2 aromatic rings. The van der Waals surface area contributed by atoms with Gasteiger partial charge >= 0.3 is 0 Å². The van der Waals surface area contributed by atoms with E-state index >= 15 is 0 Å². The third kappa shape index (κ3) is 4.42. The van der Waals surface area contributed by atoms with Crippen LogP contribution in [0.5, 0.6) is 5.75 Å². The summed E-state index contributed by atoms with van der Waals surface area (Å²) in [5.74, 6) is -0.461. The molecule has 1 aliphatic rings. The molecule has 27 heavy (non-hydrogen) atoms. The number of nitrogens with zero attached hydrogens (tertiary/aromatic N) is 1. The van der Waals surface area contributed by atoms with Crippen molar-refractivity contribution in [3.8, 4) is 11.4 Å². The number of carbonyl (C=O) groups excluding carboxylic acids is 1. The van der Waals surface area contributed by atoms with Crippen LogP contribution in [0.4, 0.5) is 10.2 Å². The molecule has 0 radical (unpaired) electrons. The number of anilines is 1. The summed E-state index contributed by atoms with van der Waals surface area (Å²) in [6, 6.07) is 4.79. The van der Waals surface area contributed by atoms with Gasteiger partial charge in [-0.1, -0.05) is 6.07 Å². The fourth-order valence-electron chi connectivity index (χ4n) is 2.93. The van der Waals surface area contributed by atoms with Gasteiger partial charge in [0.05, 0.1) is 18.4 Å². The molecule has 1 aliphatic carbocycles. The summed E-state index contributed by atoms with van der Waals surface area (Å²) in [5, 5.41) is 9.99. The minimum atomic E-state index is -0.673. The van der Waals surface area contributed by atoms with Crippen LogP contribution in [0.3, 0.4) is 0 Å². The van der Waals surface area contributed by atoms with E-state index in [-0.39, 0.29) is 28.6 Å². The standard InChI is InChI=1S/C17H19N3O3.CH3F.H2OS/c1-8-3-6-13(21)9(2)14(8)20-15(18)12(16(19)22)7-11(17(20)23)10-4-5-10;2*1-2/h3,6-7,10,21H,4-5,18H2,1-2H3,(H2,19,22);1H3;1-2H. The van der Waals surface area contributed by atoms with Gasteiger partial charge in [-0.05, 0) is 63.2 Å². The Morgan fingerprint density at radius 2 is 1.81 bits per heavy atom. The Labute approximate surface area is 162 Å². The Morgan fingerprint density at radius 3 is 2.30 bits per heavy atom. The highest BCUT2D eigenvalue weighted by Gasteiger charge is 2.30. The predicted molar refractivity (Wildman–Crippen MR) is 107 cm³/mol. The average Bonchev–Trinajstić information content (AvgIpc) is 3.49. The van der Waals surface area contributed by atoms with E-state index in [1.54, 1.807) is 19.1 Å². The Bertz CT molecular complexity index is 895. The van der Waals surface area contributed by atoms with Crippen molar-refractivity contribution >= 4 is 24.6 Å². The molecule has 1 heterocycles. The number of pyridine rings is 1. The predicted octanol–water partition coefficient (Wildman–Crippen LogP) is 2.69. The summed E-state index contributed by atoms with van der Waals surface area (Å²) < 4.78 is 17.5. The monoisotopic (exact) mass is 397 g/mol. The van der Waals surface area contributed by atoms with Crippen molar-refractivity contribution in [2.75, 3.05) is 12.9 Å². The number of nitrogens with two attached hydrogens (primary N) is 2. The van der Waals surface area contributed by atoms with Gasteiger partial charge in [0.15, 0.2) is 0 Å². The zero-order chi connectivity index (χ0) is 20.9. The number of aryl methyl sites for hydroxylation is 1. The molecule has 0 spiro atoms. The summed E-state index contributed by atoms with van der Waals surface area (Å²) in [6.07, 6.45) is 1.82. The van der Waals surface area contributed by atoms with Crippen LogP contribution in [0.1, 0.15) is 45.8 Å². The third-order valence-electron chi connectivity index (χ3n) is 4.38. The lowest BCUT2D eigenvalue weighted by Gasteiger charge is -2.19. The van der Waals surface area contributed by atoms with E-state index < -0.39 is 5.91 Å². The molecule has 1 aromatic carbocycles. The fourth-order valence-corrected chi connectivity index (χ4v) is 2.93. The fraction of sp³-hybridized carbons (Fsp3) is 0.333. The number of nitrogen functional groups attached to an aromatic ring is 1. The van der Waals surface area contributed by atoms with Gasteiger partial charge in [-0.25, -0.2) is 0 Å². The summed E-state index contributed by atoms with van der Waals surface area (Å²) in [4.78, 5) is 24.6. The van der Waals surface area contributed by atoms with Crippen LogP contribution in [-0.4, -0.2) is 27.3 Å². The molecule has 0 aliphatic heterocycles. The Morgan fingerprint density at radius 1 is 1.26 bits per heavy atom. The number of carbonyl (C=O) groups is 1. The first kappa shape index (κ1) is 22.5. The van der Waals surface area contributed by atoms with Crippen molar-refractivity contribution in [3.05, 3.63) is 50.8 Å². The van der Waals surface area contributed by atoms with Gasteiger partial charge in [-0.2, -0.15) is 0 Å². The van der Waals surface area contributed by atoms with E-state index in [0.717, 1.165) is 18.4 Å². The number of aromatic hydroxyl groups is 1. The molecule has 0 saturated heterocycles. The minimum Gasteiger partial charge on any atom is -0.508 e. The molecule has 6 N–H and O–H groups in total. The molecule has 1 fully saturated rings. The maximum atomic E-state index is 12.9. The van der Waals surface area contributed by atoms with Crippen molar-refractivity contribution in [2.24, 2.45) is 5.73 Å². The zero-order valence-corrected chi connectivity index (χ0v) is 16.3. The smallest absolute Gasteiger partial charge is 0.260 e. The number of phenolic OH excluding ortho intramolecular Hbond substituents is 1. The van der Waals surface area contributed by atoms with Crippen molar-refractivity contribution in [2.45, 2.75) is 32.6 Å². The van der Waals surface area contributed by atoms with Crippen LogP contribution in [0, 0.1) is 13.8 Å². The van der Waals surface area contributed by atoms with Gasteiger partial charge in [-0.15, -0.1) is 0 Å². The molecule has 3 rings (SSSR count). The van der Waals surface area contributed by atoms with E-state index in [1.165, 1.54) is 10.6 Å². The van der Waals surface area contributed by atoms with Crippen LogP contribution in [0.15, 0.2) is 23.0 Å². The first-order valence-corrected chi connectivity index (χ1v) is 8.45. The molecule has 0 unspecified atom stereocenters. The van der Waals surface area contributed by atoms with E-state index in [9.17, 15) is 19.1 Å². The van der Waals surface area contributed by atoms with E-state index in [2.05, 4.69) is 12.9 Å². The number of alkyl halides is 1. The molecule has 0 bridgehead atoms. The number of primary amides is 1. The molecule has 1 aromatic heterocycles. The number of rotatable bonds is 3. The van der Waals surface area contributed by atoms with Gasteiger partial charge in [0.1, 0.15) is 11.6 Å². The zero-order valence-electron chi connectivity index (χ0n) is 15.4. The molecule has 9 heteroatoms. The van der Waals surface area contributed by atoms with Crippen LogP contribution < -0.4 is 17.0 Å². The highest BCUT2D eigenvalue weighted by Crippen LogP contribution is 2.39. The lowest BCUT2D eigenvalue weighted by molar-refractivity contribution is 0.100. The second kappa shape index (κ2) is 9.43. The van der Waals surface area contributed by atoms with E-state index in [4.69, 9.17) is 16.0 Å². The second-order valence-corrected chi connectivity index (χ2v) is 6.05. The van der Waals surface area contributed by atoms with E-state index in [0.29, 0.717) is 24.0 Å². The van der Waals surface area contributed by atoms with Gasteiger partial charge in [0.2, 0.25) is 0 Å². The SMILES string of the molecule is CF.Cc1ccc(O)c(C)c1-n1c(N)c(C(N)=O)cc(C2CC2)c1=O.OS. The average molecular weight is 397 g/mol. The number of hydrogen-bond acceptors (Lipinski definition) is 6. The summed E-state index contributed by atoms with van der Waals surface area (Å²) in [7, 11) is 0.500. The number of benzene rings is 1. The Balaban J connectivity index is 0.000000855. The third-order valence-corrected chi connectivity index (χ3v) is 4.38. The van der Waals surface area contributed by atoms with Crippen molar-refractivity contribution in [1.82, 2.24) is 4.57 Å². The number of thiol groups is 1. The lowest BCUT2D eigenvalue weighted by atomic mass is 10.0. The van der Waals surface area contributed by atoms with Crippen LogP contribution in [0.25, 0.3) is 5.69 Å². The maximum Gasteiger partial charge on any atom is 0.260 e. The summed E-state index contributed by atoms with van der Waals surface area (Å²) in [5.41, 5.74) is 13.7. The topological polar surface area (TPSA) is 132 Å². The van der Waals surface area contributed by atoms with Gasteiger partial charge < -0.3 is 21.1 Å². The van der Waals surface area contributed by atoms with Crippen molar-refractivity contribution in [1.29, 1.82) is 0 Å². The lowest BCUT2D eigenvalue weighted by Crippen LogP contribution is -2.29. The molecule has 0 atom stereocenters. The first-order chi connectivity index (χ1) is 12.8. The molecule has 7 nitrogen and oxygen atoms in total. The molecule has 148 valence electrons. The molecular formula is C18H24FN3O4S. The molecular weight excluding hydrogens is 373 g/mol. The number of halogens is 1. The van der Waals surface area contributed by atoms with Crippen LogP contribution >= 0.6 is 12.9 Å². The Kier molecular flexibility index (Phi) is 7.86. The van der Waals surface area contributed by atoms with E-state index in [1.807, 2.05) is 6.92 Å². The quantitative estimate of drug-likeness (QED) is 0.401. The Hall–Kier alpha value is -2.52. The summed E-state index contributed by atoms with van der Waals surface area (Å²) in [6.45, 7) is 3.53. The minimum absolute atomic E-state index is 0.00343. The van der Waals surface area contributed by atoms with Crippen LogP contribution in [0.2, 0.25) is 0 Å². The number of aromatic nitrogens is 1. The van der Waals surface area contributed by atoms with Gasteiger partial charge in [0, 0.05) is 11.1 Å². The van der Waals surface area contributed by atoms with Crippen molar-refractivity contribution < 1.29 is 18.8 Å². The van der Waals surface area contributed by atoms with Gasteiger partial charge in [-0.3, -0.25) is 18.5 Å². The van der Waals surface area contributed by atoms with Crippen molar-refractivity contribution in [3.63, 3.8) is 0 Å². The number of amides is 1. The molecule has 1 saturated carbocycles. The normalized spacial score (nSPS) is 12.4. The summed E-state index contributed by atoms with van der Waals surface area (Å²) >= 11 is 2.53. The number of hydrogen-bond donors (Lipinski definition) is 5. The number of phenols is 1. The van der Waals surface area contributed by atoms with Crippen LogP contribution in [-0.2, 0) is 0 Å². The molecule has 1 amide bonds. The first-order valence-electron chi connectivity index (χ1n) is 8.05.